The average molecular weight is 282 g/mol. The van der Waals surface area contributed by atoms with Crippen molar-refractivity contribution in [3.63, 3.8) is 0 Å². The molecule has 2 aromatic carbocycles. The maximum atomic E-state index is 11.6. The van der Waals surface area contributed by atoms with E-state index in [4.69, 9.17) is 9.47 Å². The minimum atomic E-state index is -0.605. The average Bonchev–Trinajstić information content (AvgIpc) is 2.79. The molecule has 3 nitrogen and oxygen atoms in total. The molecule has 1 aliphatic carbocycles. The van der Waals surface area contributed by atoms with Crippen LogP contribution < -0.4 is 0 Å². The van der Waals surface area contributed by atoms with Gasteiger partial charge in [-0.25, -0.2) is 4.79 Å². The third kappa shape index (κ3) is 2.64. The molecule has 0 heterocycles. The fourth-order valence-corrected chi connectivity index (χ4v) is 2.82. The zero-order valence-electron chi connectivity index (χ0n) is 12.2. The van der Waals surface area contributed by atoms with Crippen LogP contribution in [0.1, 0.15) is 30.9 Å². The van der Waals surface area contributed by atoms with E-state index < -0.39 is 6.16 Å². The van der Waals surface area contributed by atoms with Crippen LogP contribution >= 0.6 is 0 Å². The standard InChI is InChI=1S/C18H18O3/c1-12(2)21-18(19)20-11-17-15-9-5-3-7-13(15)14-8-4-6-10-16(14)17/h3-10,12,17H,11H2,1-2H3. The molecular formula is C18H18O3. The van der Waals surface area contributed by atoms with Crippen molar-refractivity contribution >= 4 is 6.16 Å². The lowest BCUT2D eigenvalue weighted by atomic mass is 9.98. The Hall–Kier alpha value is -2.29. The number of hydrogen-bond donors (Lipinski definition) is 0. The van der Waals surface area contributed by atoms with Crippen LogP contribution in [0.4, 0.5) is 4.79 Å². The second kappa shape index (κ2) is 5.60. The van der Waals surface area contributed by atoms with Gasteiger partial charge in [-0.2, -0.15) is 0 Å². The van der Waals surface area contributed by atoms with Crippen LogP contribution in [-0.2, 0) is 9.47 Å². The summed E-state index contributed by atoms with van der Waals surface area (Å²) in [4.78, 5) is 11.6. The second-order valence-corrected chi connectivity index (χ2v) is 5.45. The van der Waals surface area contributed by atoms with Gasteiger partial charge in [-0.05, 0) is 36.1 Å². The minimum absolute atomic E-state index is 0.0807. The first-order valence-electron chi connectivity index (χ1n) is 7.18. The van der Waals surface area contributed by atoms with Crippen LogP contribution in [0.15, 0.2) is 48.5 Å². The van der Waals surface area contributed by atoms with E-state index in [-0.39, 0.29) is 12.0 Å². The Morgan fingerprint density at radius 1 is 1.00 bits per heavy atom. The molecule has 0 fully saturated rings. The van der Waals surface area contributed by atoms with Crippen molar-refractivity contribution in [2.45, 2.75) is 25.9 Å². The van der Waals surface area contributed by atoms with Gasteiger partial charge in [0.1, 0.15) is 6.61 Å². The highest BCUT2D eigenvalue weighted by molar-refractivity contribution is 5.78. The van der Waals surface area contributed by atoms with Gasteiger partial charge in [0.15, 0.2) is 0 Å². The molecule has 21 heavy (non-hydrogen) atoms. The Kier molecular flexibility index (Phi) is 3.65. The second-order valence-electron chi connectivity index (χ2n) is 5.45. The lowest BCUT2D eigenvalue weighted by Gasteiger charge is -2.14. The van der Waals surface area contributed by atoms with Gasteiger partial charge >= 0.3 is 6.16 Å². The highest BCUT2D eigenvalue weighted by Gasteiger charge is 2.29. The van der Waals surface area contributed by atoms with Crippen molar-refractivity contribution < 1.29 is 14.3 Å². The van der Waals surface area contributed by atoms with Crippen LogP contribution in [0.2, 0.25) is 0 Å². The summed E-state index contributed by atoms with van der Waals surface area (Å²) in [7, 11) is 0. The molecule has 0 bridgehead atoms. The molecule has 0 saturated carbocycles. The molecule has 0 amide bonds. The van der Waals surface area contributed by atoms with E-state index in [9.17, 15) is 4.79 Å². The number of hydrogen-bond acceptors (Lipinski definition) is 3. The summed E-state index contributed by atoms with van der Waals surface area (Å²) in [6, 6.07) is 16.5. The highest BCUT2D eigenvalue weighted by atomic mass is 16.7. The number of fused-ring (bicyclic) bond motifs is 3. The predicted molar refractivity (Wildman–Crippen MR) is 81.3 cm³/mol. The molecule has 0 spiro atoms. The summed E-state index contributed by atoms with van der Waals surface area (Å²) in [6.45, 7) is 3.92. The van der Waals surface area contributed by atoms with Gasteiger partial charge < -0.3 is 9.47 Å². The van der Waals surface area contributed by atoms with Gasteiger partial charge in [0.2, 0.25) is 0 Å². The van der Waals surface area contributed by atoms with E-state index in [0.717, 1.165) is 0 Å². The van der Waals surface area contributed by atoms with E-state index in [0.29, 0.717) is 6.61 Å². The quantitative estimate of drug-likeness (QED) is 0.785. The van der Waals surface area contributed by atoms with Crippen molar-refractivity contribution in [2.24, 2.45) is 0 Å². The van der Waals surface area contributed by atoms with Crippen LogP contribution in [0.3, 0.4) is 0 Å². The van der Waals surface area contributed by atoms with Gasteiger partial charge in [-0.3, -0.25) is 0 Å². The van der Waals surface area contributed by atoms with Crippen molar-refractivity contribution in [3.05, 3.63) is 59.7 Å². The molecule has 0 unspecified atom stereocenters. The summed E-state index contributed by atoms with van der Waals surface area (Å²) >= 11 is 0. The van der Waals surface area contributed by atoms with Gasteiger partial charge in [0, 0.05) is 5.92 Å². The van der Waals surface area contributed by atoms with Crippen LogP contribution in [-0.4, -0.2) is 18.9 Å². The highest BCUT2D eigenvalue weighted by Crippen LogP contribution is 2.44. The smallest absolute Gasteiger partial charge is 0.433 e. The van der Waals surface area contributed by atoms with Gasteiger partial charge in [-0.1, -0.05) is 48.5 Å². The van der Waals surface area contributed by atoms with Crippen LogP contribution in [0, 0.1) is 0 Å². The number of ether oxygens (including phenoxy) is 2. The molecule has 108 valence electrons. The summed E-state index contributed by atoms with van der Waals surface area (Å²) in [5, 5.41) is 0. The molecule has 3 heteroatoms. The van der Waals surface area contributed by atoms with E-state index in [1.807, 2.05) is 24.3 Å². The Bertz CT molecular complexity index is 616. The summed E-state index contributed by atoms with van der Waals surface area (Å²) < 4.78 is 10.3. The molecule has 2 aromatic rings. The van der Waals surface area contributed by atoms with Crippen molar-refractivity contribution in [2.75, 3.05) is 6.61 Å². The molecule has 0 atom stereocenters. The first kappa shape index (κ1) is 13.7. The molecular weight excluding hydrogens is 264 g/mol. The molecule has 0 aliphatic heterocycles. The fraction of sp³-hybridized carbons (Fsp3) is 0.278. The van der Waals surface area contributed by atoms with Crippen molar-refractivity contribution in [1.29, 1.82) is 0 Å². The predicted octanol–water partition coefficient (Wildman–Crippen LogP) is 4.36. The maximum absolute atomic E-state index is 11.6. The Morgan fingerprint density at radius 3 is 2.05 bits per heavy atom. The topological polar surface area (TPSA) is 35.5 Å². The Labute approximate surface area is 124 Å². The van der Waals surface area contributed by atoms with Crippen LogP contribution in [0.25, 0.3) is 11.1 Å². The zero-order valence-corrected chi connectivity index (χ0v) is 12.2. The lowest BCUT2D eigenvalue weighted by Crippen LogP contribution is -2.16. The van der Waals surface area contributed by atoms with E-state index in [1.54, 1.807) is 13.8 Å². The van der Waals surface area contributed by atoms with E-state index in [1.165, 1.54) is 22.3 Å². The number of benzene rings is 2. The van der Waals surface area contributed by atoms with Crippen molar-refractivity contribution in [1.82, 2.24) is 0 Å². The summed E-state index contributed by atoms with van der Waals surface area (Å²) in [6.07, 6.45) is -0.771. The molecule has 0 aromatic heterocycles. The molecule has 1 aliphatic rings. The third-order valence-electron chi connectivity index (χ3n) is 3.66. The van der Waals surface area contributed by atoms with E-state index >= 15 is 0 Å². The van der Waals surface area contributed by atoms with Crippen molar-refractivity contribution in [3.8, 4) is 11.1 Å². The minimum Gasteiger partial charge on any atom is -0.433 e. The summed E-state index contributed by atoms with van der Waals surface area (Å²) in [5.74, 6) is 0.0807. The molecule has 0 N–H and O–H groups in total. The third-order valence-corrected chi connectivity index (χ3v) is 3.66. The monoisotopic (exact) mass is 282 g/mol. The largest absolute Gasteiger partial charge is 0.508 e. The SMILES string of the molecule is CC(C)OC(=O)OCC1c2ccccc2-c2ccccc21. The molecule has 3 rings (SSSR count). The number of carbonyl (C=O) groups is 1. The molecule has 0 radical (unpaired) electrons. The summed E-state index contributed by atoms with van der Waals surface area (Å²) in [5.41, 5.74) is 4.85. The Morgan fingerprint density at radius 2 is 1.52 bits per heavy atom. The lowest BCUT2D eigenvalue weighted by molar-refractivity contribution is 0.0330. The number of rotatable bonds is 3. The maximum Gasteiger partial charge on any atom is 0.508 e. The van der Waals surface area contributed by atoms with Crippen LogP contribution in [0.5, 0.6) is 0 Å². The van der Waals surface area contributed by atoms with E-state index in [2.05, 4.69) is 24.3 Å². The molecule has 0 saturated heterocycles. The van der Waals surface area contributed by atoms with Gasteiger partial charge in [0.05, 0.1) is 6.10 Å². The van der Waals surface area contributed by atoms with Gasteiger partial charge in [0.25, 0.3) is 0 Å². The zero-order chi connectivity index (χ0) is 14.8. The number of carbonyl (C=O) groups excluding carboxylic acids is 1. The first-order valence-corrected chi connectivity index (χ1v) is 7.18. The van der Waals surface area contributed by atoms with Gasteiger partial charge in [-0.15, -0.1) is 0 Å². The first-order chi connectivity index (χ1) is 10.2. The normalized spacial score (nSPS) is 12.9. The fourth-order valence-electron chi connectivity index (χ4n) is 2.82. The Balaban J connectivity index is 1.84.